The van der Waals surface area contributed by atoms with Crippen LogP contribution in [0.1, 0.15) is 24.4 Å². The molecule has 100 valence electrons. The van der Waals surface area contributed by atoms with Crippen molar-refractivity contribution in [2.45, 2.75) is 24.9 Å². The van der Waals surface area contributed by atoms with Gasteiger partial charge < -0.3 is 15.4 Å². The zero-order valence-electron chi connectivity index (χ0n) is 11.2. The molecule has 0 spiro atoms. The molecule has 4 heteroatoms. The van der Waals surface area contributed by atoms with Gasteiger partial charge in [-0.3, -0.25) is 0 Å². The lowest BCUT2D eigenvalue weighted by Gasteiger charge is -2.41. The van der Waals surface area contributed by atoms with Crippen LogP contribution in [0.5, 0.6) is 5.75 Å². The highest BCUT2D eigenvalue weighted by Gasteiger charge is 2.35. The van der Waals surface area contributed by atoms with Crippen LogP contribution >= 0.6 is 0 Å². The molecule has 0 heterocycles. The van der Waals surface area contributed by atoms with Gasteiger partial charge >= 0.3 is 0 Å². The van der Waals surface area contributed by atoms with Crippen LogP contribution in [0.25, 0.3) is 0 Å². The Morgan fingerprint density at radius 1 is 1.39 bits per heavy atom. The SMILES string of the molecule is COc1ccc(C(C2CC(N)C2)N(C)C)cc1F. The largest absolute Gasteiger partial charge is 0.494 e. The highest BCUT2D eigenvalue weighted by Crippen LogP contribution is 2.40. The molecule has 1 saturated carbocycles. The van der Waals surface area contributed by atoms with Crippen LogP contribution in [-0.2, 0) is 0 Å². The molecule has 2 rings (SSSR count). The summed E-state index contributed by atoms with van der Waals surface area (Å²) in [7, 11) is 5.53. The lowest BCUT2D eigenvalue weighted by Crippen LogP contribution is -2.43. The Labute approximate surface area is 108 Å². The Bertz CT molecular complexity index is 416. The second kappa shape index (κ2) is 5.24. The van der Waals surface area contributed by atoms with Gasteiger partial charge in [-0.2, -0.15) is 0 Å². The van der Waals surface area contributed by atoms with E-state index in [1.165, 1.54) is 7.11 Å². The molecule has 0 aliphatic heterocycles. The first-order chi connectivity index (χ1) is 8.52. The van der Waals surface area contributed by atoms with Crippen LogP contribution in [0, 0.1) is 11.7 Å². The van der Waals surface area contributed by atoms with Crippen molar-refractivity contribution in [1.82, 2.24) is 4.90 Å². The fraction of sp³-hybridized carbons (Fsp3) is 0.571. The van der Waals surface area contributed by atoms with Gasteiger partial charge in [0.15, 0.2) is 11.6 Å². The van der Waals surface area contributed by atoms with E-state index in [9.17, 15) is 4.39 Å². The van der Waals surface area contributed by atoms with Crippen molar-refractivity contribution in [3.8, 4) is 5.75 Å². The van der Waals surface area contributed by atoms with Crippen molar-refractivity contribution in [2.24, 2.45) is 11.7 Å². The molecule has 18 heavy (non-hydrogen) atoms. The quantitative estimate of drug-likeness (QED) is 0.892. The minimum absolute atomic E-state index is 0.227. The van der Waals surface area contributed by atoms with E-state index in [-0.39, 0.29) is 11.9 Å². The molecule has 2 N–H and O–H groups in total. The standard InChI is InChI=1S/C14H21FN2O/c1-17(2)14(10-6-11(16)7-10)9-4-5-13(18-3)12(15)8-9/h4-5,8,10-11,14H,6-7,16H2,1-3H3. The summed E-state index contributed by atoms with van der Waals surface area (Å²) in [6, 6.07) is 5.74. The summed E-state index contributed by atoms with van der Waals surface area (Å²) in [5, 5.41) is 0. The number of halogens is 1. The second-order valence-corrected chi connectivity index (χ2v) is 5.29. The number of hydrogen-bond donors (Lipinski definition) is 1. The normalized spacial score (nSPS) is 24.8. The molecular formula is C14H21FN2O. The van der Waals surface area contributed by atoms with E-state index < -0.39 is 0 Å². The molecule has 1 aliphatic carbocycles. The van der Waals surface area contributed by atoms with Gasteiger partial charge in [0, 0.05) is 12.1 Å². The minimum atomic E-state index is -0.300. The van der Waals surface area contributed by atoms with Crippen LogP contribution in [0.2, 0.25) is 0 Å². The summed E-state index contributed by atoms with van der Waals surface area (Å²) < 4.78 is 18.7. The number of benzene rings is 1. The number of nitrogens with zero attached hydrogens (tertiary/aromatic N) is 1. The van der Waals surface area contributed by atoms with Crippen LogP contribution in [0.4, 0.5) is 4.39 Å². The Morgan fingerprint density at radius 2 is 2.06 bits per heavy atom. The van der Waals surface area contributed by atoms with Gasteiger partial charge in [0.05, 0.1) is 7.11 Å². The second-order valence-electron chi connectivity index (χ2n) is 5.29. The summed E-state index contributed by atoms with van der Waals surface area (Å²) in [5.41, 5.74) is 6.84. The smallest absolute Gasteiger partial charge is 0.165 e. The van der Waals surface area contributed by atoms with Crippen LogP contribution in [-0.4, -0.2) is 32.1 Å². The molecule has 0 bridgehead atoms. The molecule has 0 radical (unpaired) electrons. The molecule has 1 fully saturated rings. The maximum absolute atomic E-state index is 13.8. The predicted molar refractivity (Wildman–Crippen MR) is 70.1 cm³/mol. The number of ether oxygens (including phenoxy) is 1. The molecule has 1 aromatic carbocycles. The summed E-state index contributed by atoms with van der Waals surface area (Å²) in [6.07, 6.45) is 2.02. The van der Waals surface area contributed by atoms with Crippen LogP contribution in [0.3, 0.4) is 0 Å². The van der Waals surface area contributed by atoms with E-state index in [1.54, 1.807) is 12.1 Å². The van der Waals surface area contributed by atoms with Crippen molar-refractivity contribution in [3.63, 3.8) is 0 Å². The Morgan fingerprint density at radius 3 is 2.50 bits per heavy atom. The van der Waals surface area contributed by atoms with Crippen molar-refractivity contribution in [1.29, 1.82) is 0 Å². The molecule has 1 atom stereocenters. The van der Waals surface area contributed by atoms with E-state index >= 15 is 0 Å². The first kappa shape index (κ1) is 13.3. The van der Waals surface area contributed by atoms with Crippen molar-refractivity contribution >= 4 is 0 Å². The zero-order valence-corrected chi connectivity index (χ0v) is 11.2. The average Bonchev–Trinajstić information content (AvgIpc) is 2.27. The van der Waals surface area contributed by atoms with Gasteiger partial charge in [-0.1, -0.05) is 6.07 Å². The topological polar surface area (TPSA) is 38.5 Å². The molecule has 0 aromatic heterocycles. The first-order valence-electron chi connectivity index (χ1n) is 6.28. The molecule has 1 aliphatic rings. The molecule has 1 aromatic rings. The Balaban J connectivity index is 2.23. The highest BCUT2D eigenvalue weighted by molar-refractivity contribution is 5.31. The van der Waals surface area contributed by atoms with E-state index in [4.69, 9.17) is 10.5 Å². The first-order valence-corrected chi connectivity index (χ1v) is 6.28. The van der Waals surface area contributed by atoms with E-state index in [2.05, 4.69) is 4.90 Å². The number of hydrogen-bond acceptors (Lipinski definition) is 3. The summed E-state index contributed by atoms with van der Waals surface area (Å²) in [5.74, 6) is 0.509. The summed E-state index contributed by atoms with van der Waals surface area (Å²) >= 11 is 0. The molecule has 3 nitrogen and oxygen atoms in total. The number of nitrogens with two attached hydrogens (primary N) is 1. The van der Waals surface area contributed by atoms with Crippen LogP contribution < -0.4 is 10.5 Å². The maximum Gasteiger partial charge on any atom is 0.165 e. The van der Waals surface area contributed by atoms with Crippen molar-refractivity contribution in [2.75, 3.05) is 21.2 Å². The third-order valence-corrected chi connectivity index (χ3v) is 3.73. The van der Waals surface area contributed by atoms with E-state index in [0.717, 1.165) is 18.4 Å². The fourth-order valence-electron chi connectivity index (χ4n) is 2.83. The molecule has 0 saturated heterocycles. The summed E-state index contributed by atoms with van der Waals surface area (Å²) in [4.78, 5) is 2.14. The van der Waals surface area contributed by atoms with Crippen molar-refractivity contribution < 1.29 is 9.13 Å². The van der Waals surface area contributed by atoms with Crippen molar-refractivity contribution in [3.05, 3.63) is 29.6 Å². The number of rotatable bonds is 4. The highest BCUT2D eigenvalue weighted by atomic mass is 19.1. The van der Waals surface area contributed by atoms with Gasteiger partial charge in [0.25, 0.3) is 0 Å². The third-order valence-electron chi connectivity index (χ3n) is 3.73. The lowest BCUT2D eigenvalue weighted by molar-refractivity contribution is 0.123. The summed E-state index contributed by atoms with van der Waals surface area (Å²) in [6.45, 7) is 0. The fourth-order valence-corrected chi connectivity index (χ4v) is 2.83. The van der Waals surface area contributed by atoms with Crippen LogP contribution in [0.15, 0.2) is 18.2 Å². The van der Waals surface area contributed by atoms with E-state index in [0.29, 0.717) is 17.7 Å². The maximum atomic E-state index is 13.8. The predicted octanol–water partition coefficient (Wildman–Crippen LogP) is 2.17. The molecule has 1 unspecified atom stereocenters. The van der Waals surface area contributed by atoms with Gasteiger partial charge in [0.2, 0.25) is 0 Å². The third kappa shape index (κ3) is 2.49. The monoisotopic (exact) mass is 252 g/mol. The minimum Gasteiger partial charge on any atom is -0.494 e. The average molecular weight is 252 g/mol. The Hall–Kier alpha value is -1.13. The van der Waals surface area contributed by atoms with Gasteiger partial charge in [-0.15, -0.1) is 0 Å². The van der Waals surface area contributed by atoms with Gasteiger partial charge in [0.1, 0.15) is 0 Å². The van der Waals surface area contributed by atoms with E-state index in [1.807, 2.05) is 20.2 Å². The molecular weight excluding hydrogens is 231 g/mol. The van der Waals surface area contributed by atoms with Gasteiger partial charge in [-0.05, 0) is 50.6 Å². The molecule has 0 amide bonds. The lowest BCUT2D eigenvalue weighted by atomic mass is 9.73. The Kier molecular flexibility index (Phi) is 3.88. The number of methoxy groups -OCH3 is 1. The zero-order chi connectivity index (χ0) is 13.3. The van der Waals surface area contributed by atoms with Gasteiger partial charge in [-0.25, -0.2) is 4.39 Å².